The number of anilines is 1. The van der Waals surface area contributed by atoms with Crippen LogP contribution < -0.4 is 18.9 Å². The molecule has 0 fully saturated rings. The SMILES string of the molecule is COc1ccc(NS(=O)(=O)c2cccc(C(=O)OCc3ccc(OC(F)F)c(OC)c3)c2)cc1. The van der Waals surface area contributed by atoms with Gasteiger partial charge in [0.2, 0.25) is 0 Å². The number of carbonyl (C=O) groups is 1. The Hall–Kier alpha value is -3.86. The van der Waals surface area contributed by atoms with E-state index in [-0.39, 0.29) is 28.6 Å². The van der Waals surface area contributed by atoms with E-state index >= 15 is 0 Å². The lowest BCUT2D eigenvalue weighted by Gasteiger charge is -2.12. The third-order valence-electron chi connectivity index (χ3n) is 4.54. The zero-order valence-corrected chi connectivity index (χ0v) is 19.0. The summed E-state index contributed by atoms with van der Waals surface area (Å²) in [7, 11) is -1.19. The number of carbonyl (C=O) groups excluding carboxylic acids is 1. The van der Waals surface area contributed by atoms with Gasteiger partial charge in [0.05, 0.1) is 24.7 Å². The third-order valence-corrected chi connectivity index (χ3v) is 5.92. The van der Waals surface area contributed by atoms with Gasteiger partial charge in [-0.3, -0.25) is 4.72 Å². The van der Waals surface area contributed by atoms with Gasteiger partial charge < -0.3 is 18.9 Å². The number of alkyl halides is 2. The molecule has 0 saturated heterocycles. The largest absolute Gasteiger partial charge is 0.497 e. The number of nitrogens with one attached hydrogen (secondary N) is 1. The molecule has 0 radical (unpaired) electrons. The van der Waals surface area contributed by atoms with Gasteiger partial charge in [0, 0.05) is 5.69 Å². The van der Waals surface area contributed by atoms with Gasteiger partial charge in [-0.25, -0.2) is 13.2 Å². The molecule has 0 aromatic heterocycles. The molecular weight excluding hydrogens is 472 g/mol. The first-order valence-corrected chi connectivity index (χ1v) is 11.3. The Balaban J connectivity index is 1.69. The minimum atomic E-state index is -3.97. The first-order valence-electron chi connectivity index (χ1n) is 9.77. The van der Waals surface area contributed by atoms with E-state index in [4.69, 9.17) is 14.2 Å². The monoisotopic (exact) mass is 493 g/mol. The van der Waals surface area contributed by atoms with Gasteiger partial charge in [-0.15, -0.1) is 0 Å². The molecule has 0 spiro atoms. The Morgan fingerprint density at radius 1 is 0.941 bits per heavy atom. The Kier molecular flexibility index (Phi) is 7.90. The average Bonchev–Trinajstić information content (AvgIpc) is 2.83. The molecule has 0 aliphatic rings. The highest BCUT2D eigenvalue weighted by Crippen LogP contribution is 2.30. The minimum Gasteiger partial charge on any atom is -0.497 e. The second-order valence-corrected chi connectivity index (χ2v) is 8.48. The molecule has 0 amide bonds. The van der Waals surface area contributed by atoms with Gasteiger partial charge in [0.15, 0.2) is 11.5 Å². The average molecular weight is 493 g/mol. The summed E-state index contributed by atoms with van der Waals surface area (Å²) in [4.78, 5) is 12.4. The second kappa shape index (κ2) is 10.8. The normalized spacial score (nSPS) is 11.1. The lowest BCUT2D eigenvalue weighted by molar-refractivity contribution is -0.0512. The number of rotatable bonds is 10. The smallest absolute Gasteiger partial charge is 0.387 e. The van der Waals surface area contributed by atoms with Crippen LogP contribution in [0.25, 0.3) is 0 Å². The van der Waals surface area contributed by atoms with Crippen LogP contribution in [0.3, 0.4) is 0 Å². The van der Waals surface area contributed by atoms with Gasteiger partial charge >= 0.3 is 12.6 Å². The number of hydrogen-bond donors (Lipinski definition) is 1. The first-order chi connectivity index (χ1) is 16.2. The summed E-state index contributed by atoms with van der Waals surface area (Å²) in [5, 5.41) is 0. The summed E-state index contributed by atoms with van der Waals surface area (Å²) in [6.45, 7) is -3.22. The van der Waals surface area contributed by atoms with Crippen molar-refractivity contribution in [3.8, 4) is 17.2 Å². The molecule has 180 valence electrons. The maximum atomic E-state index is 12.7. The number of methoxy groups -OCH3 is 2. The van der Waals surface area contributed by atoms with Crippen LogP contribution in [0.1, 0.15) is 15.9 Å². The molecule has 0 aliphatic carbocycles. The van der Waals surface area contributed by atoms with Crippen LogP contribution in [0.5, 0.6) is 17.2 Å². The number of hydrogen-bond acceptors (Lipinski definition) is 7. The van der Waals surface area contributed by atoms with E-state index in [1.54, 1.807) is 24.3 Å². The van der Waals surface area contributed by atoms with Gasteiger partial charge in [-0.05, 0) is 60.2 Å². The molecular formula is C23H21F2NO7S. The lowest BCUT2D eigenvalue weighted by Crippen LogP contribution is -2.14. The summed E-state index contributed by atoms with van der Waals surface area (Å²) in [6.07, 6.45) is 0. The van der Waals surface area contributed by atoms with Gasteiger partial charge in [0.25, 0.3) is 10.0 Å². The van der Waals surface area contributed by atoms with Crippen molar-refractivity contribution >= 4 is 21.7 Å². The fourth-order valence-corrected chi connectivity index (χ4v) is 3.99. The molecule has 3 aromatic rings. The van der Waals surface area contributed by atoms with E-state index in [1.165, 1.54) is 56.7 Å². The Morgan fingerprint density at radius 3 is 2.32 bits per heavy atom. The highest BCUT2D eigenvalue weighted by atomic mass is 32.2. The van der Waals surface area contributed by atoms with E-state index in [1.807, 2.05) is 0 Å². The summed E-state index contributed by atoms with van der Waals surface area (Å²) >= 11 is 0. The molecule has 0 saturated carbocycles. The predicted molar refractivity (Wildman–Crippen MR) is 119 cm³/mol. The van der Waals surface area contributed by atoms with Crippen molar-refractivity contribution in [1.82, 2.24) is 0 Å². The zero-order chi connectivity index (χ0) is 24.7. The fourth-order valence-electron chi connectivity index (χ4n) is 2.89. The summed E-state index contributed by atoms with van der Waals surface area (Å²) in [5.74, 6) is -0.309. The number of ether oxygens (including phenoxy) is 4. The second-order valence-electron chi connectivity index (χ2n) is 6.80. The topological polar surface area (TPSA) is 100 Å². The van der Waals surface area contributed by atoms with Gasteiger partial charge in [0.1, 0.15) is 12.4 Å². The van der Waals surface area contributed by atoms with Crippen LogP contribution in [0.4, 0.5) is 14.5 Å². The van der Waals surface area contributed by atoms with Gasteiger partial charge in [-0.2, -0.15) is 8.78 Å². The van der Waals surface area contributed by atoms with E-state index < -0.39 is 22.6 Å². The molecule has 0 unspecified atom stereocenters. The predicted octanol–water partition coefficient (Wildman–Crippen LogP) is 4.46. The van der Waals surface area contributed by atoms with Crippen LogP contribution >= 0.6 is 0 Å². The molecule has 8 nitrogen and oxygen atoms in total. The maximum Gasteiger partial charge on any atom is 0.387 e. The molecule has 0 bridgehead atoms. The number of benzene rings is 3. The number of halogens is 2. The van der Waals surface area contributed by atoms with E-state index in [0.717, 1.165) is 0 Å². The maximum absolute atomic E-state index is 12.7. The van der Waals surface area contributed by atoms with Crippen LogP contribution in [-0.4, -0.2) is 35.2 Å². The van der Waals surface area contributed by atoms with Crippen LogP contribution in [0.2, 0.25) is 0 Å². The Morgan fingerprint density at radius 2 is 1.68 bits per heavy atom. The molecule has 1 N–H and O–H groups in total. The van der Waals surface area contributed by atoms with Crippen LogP contribution in [-0.2, 0) is 21.4 Å². The van der Waals surface area contributed by atoms with Crippen molar-refractivity contribution in [3.05, 3.63) is 77.9 Å². The number of esters is 1. The van der Waals surface area contributed by atoms with Crippen molar-refractivity contribution in [2.24, 2.45) is 0 Å². The Labute approximate surface area is 195 Å². The lowest BCUT2D eigenvalue weighted by atomic mass is 10.2. The standard InChI is InChI=1S/C23H21F2NO7S/c1-30-18-9-7-17(8-10-18)26-34(28,29)19-5-3-4-16(13-19)22(27)32-14-15-6-11-20(33-23(24)25)21(12-15)31-2/h3-13,23,26H,14H2,1-2H3. The van der Waals surface area contributed by atoms with Crippen molar-refractivity contribution in [2.75, 3.05) is 18.9 Å². The first kappa shape index (κ1) is 24.8. The van der Waals surface area contributed by atoms with Crippen LogP contribution in [0, 0.1) is 0 Å². The third kappa shape index (κ3) is 6.35. The van der Waals surface area contributed by atoms with E-state index in [0.29, 0.717) is 17.0 Å². The summed E-state index contributed by atoms with van der Waals surface area (Å²) < 4.78 is 72.4. The quantitative estimate of drug-likeness (QED) is 0.416. The number of sulfonamides is 1. The van der Waals surface area contributed by atoms with Crippen molar-refractivity contribution in [2.45, 2.75) is 18.1 Å². The minimum absolute atomic E-state index is 0.0159. The molecule has 0 aliphatic heterocycles. The summed E-state index contributed by atoms with van der Waals surface area (Å²) in [6, 6.07) is 15.8. The van der Waals surface area contributed by atoms with Crippen molar-refractivity contribution < 1.29 is 40.9 Å². The molecule has 3 rings (SSSR count). The molecule has 11 heteroatoms. The Bertz CT molecular complexity index is 1250. The zero-order valence-electron chi connectivity index (χ0n) is 18.2. The van der Waals surface area contributed by atoms with E-state index in [2.05, 4.69) is 9.46 Å². The fraction of sp³-hybridized carbons (Fsp3) is 0.174. The van der Waals surface area contributed by atoms with Gasteiger partial charge in [-0.1, -0.05) is 12.1 Å². The highest BCUT2D eigenvalue weighted by Gasteiger charge is 2.18. The molecule has 3 aromatic carbocycles. The van der Waals surface area contributed by atoms with Crippen molar-refractivity contribution in [3.63, 3.8) is 0 Å². The molecule has 34 heavy (non-hydrogen) atoms. The van der Waals surface area contributed by atoms with Crippen molar-refractivity contribution in [1.29, 1.82) is 0 Å². The molecule has 0 atom stereocenters. The molecule has 0 heterocycles. The van der Waals surface area contributed by atoms with E-state index in [9.17, 15) is 22.0 Å². The highest BCUT2D eigenvalue weighted by molar-refractivity contribution is 7.92. The van der Waals surface area contributed by atoms with Crippen LogP contribution in [0.15, 0.2) is 71.6 Å². The summed E-state index contributed by atoms with van der Waals surface area (Å²) in [5.41, 5.74) is 0.793.